The highest BCUT2D eigenvalue weighted by atomic mass is 35.5. The van der Waals surface area contributed by atoms with Gasteiger partial charge in [0.15, 0.2) is 0 Å². The quantitative estimate of drug-likeness (QED) is 0.776. The number of carbonyl (C=O) groups is 1. The van der Waals surface area contributed by atoms with E-state index in [4.69, 9.17) is 11.6 Å². The second-order valence-corrected chi connectivity index (χ2v) is 5.18. The molecule has 6 heteroatoms. The number of rotatable bonds is 4. The van der Waals surface area contributed by atoms with Gasteiger partial charge in [-0.3, -0.25) is 15.1 Å². The van der Waals surface area contributed by atoms with Crippen LogP contribution in [0.25, 0.3) is 11.3 Å². The largest absolute Gasteiger partial charge is 0.324 e. The highest BCUT2D eigenvalue weighted by molar-refractivity contribution is 6.30. The van der Waals surface area contributed by atoms with Crippen molar-refractivity contribution in [1.29, 1.82) is 0 Å². The maximum Gasteiger partial charge on any atom is 0.231 e. The number of hydrogen-bond donors (Lipinski definition) is 2. The number of nitrogens with one attached hydrogen (secondary N) is 2. The molecule has 3 rings (SSSR count). The summed E-state index contributed by atoms with van der Waals surface area (Å²) in [7, 11) is 0. The number of halogens is 1. The maximum atomic E-state index is 12.0. The number of pyridine rings is 1. The molecule has 0 saturated carbocycles. The van der Waals surface area contributed by atoms with Crippen LogP contribution in [0.4, 0.5) is 5.95 Å². The molecular formula is C16H13ClN4O. The second kappa shape index (κ2) is 6.41. The Morgan fingerprint density at radius 2 is 2.00 bits per heavy atom. The monoisotopic (exact) mass is 312 g/mol. The van der Waals surface area contributed by atoms with Crippen molar-refractivity contribution in [2.45, 2.75) is 6.42 Å². The second-order valence-electron chi connectivity index (χ2n) is 4.74. The number of benzene rings is 1. The lowest BCUT2D eigenvalue weighted by Gasteiger charge is -2.02. The third kappa shape index (κ3) is 3.51. The number of imidazole rings is 1. The van der Waals surface area contributed by atoms with Crippen molar-refractivity contribution in [3.63, 3.8) is 0 Å². The molecule has 2 heterocycles. The van der Waals surface area contributed by atoms with Gasteiger partial charge in [0.25, 0.3) is 0 Å². The first kappa shape index (κ1) is 14.3. The summed E-state index contributed by atoms with van der Waals surface area (Å²) in [5.41, 5.74) is 2.61. The van der Waals surface area contributed by atoms with Gasteiger partial charge in [0.1, 0.15) is 0 Å². The molecule has 0 unspecified atom stereocenters. The van der Waals surface area contributed by atoms with E-state index in [0.29, 0.717) is 11.0 Å². The molecule has 0 atom stereocenters. The van der Waals surface area contributed by atoms with Gasteiger partial charge < -0.3 is 4.98 Å². The number of anilines is 1. The minimum atomic E-state index is -0.148. The van der Waals surface area contributed by atoms with Crippen LogP contribution in [-0.2, 0) is 11.2 Å². The summed E-state index contributed by atoms with van der Waals surface area (Å²) in [5.74, 6) is 0.267. The number of H-pyrrole nitrogens is 1. The molecule has 5 nitrogen and oxygen atoms in total. The Morgan fingerprint density at radius 1 is 1.18 bits per heavy atom. The highest BCUT2D eigenvalue weighted by Gasteiger charge is 2.08. The van der Waals surface area contributed by atoms with Gasteiger partial charge in [-0.25, -0.2) is 4.98 Å². The topological polar surface area (TPSA) is 70.7 Å². The maximum absolute atomic E-state index is 12.0. The van der Waals surface area contributed by atoms with Gasteiger partial charge in [-0.05, 0) is 29.3 Å². The van der Waals surface area contributed by atoms with E-state index in [0.717, 1.165) is 16.8 Å². The summed E-state index contributed by atoms with van der Waals surface area (Å²) in [4.78, 5) is 23.2. The molecular weight excluding hydrogens is 300 g/mol. The lowest BCUT2D eigenvalue weighted by Crippen LogP contribution is -2.15. The Balaban J connectivity index is 1.66. The first-order valence-corrected chi connectivity index (χ1v) is 7.08. The molecule has 0 aliphatic rings. The molecule has 0 aliphatic carbocycles. The molecule has 0 fully saturated rings. The Labute approximate surface area is 132 Å². The van der Waals surface area contributed by atoms with Gasteiger partial charge in [-0.2, -0.15) is 0 Å². The smallest absolute Gasteiger partial charge is 0.231 e. The minimum Gasteiger partial charge on any atom is -0.324 e. The molecule has 1 amide bonds. The van der Waals surface area contributed by atoms with Gasteiger partial charge in [-0.15, -0.1) is 0 Å². The zero-order valence-corrected chi connectivity index (χ0v) is 12.3. The molecule has 1 aromatic carbocycles. The van der Waals surface area contributed by atoms with Crippen LogP contribution < -0.4 is 5.32 Å². The van der Waals surface area contributed by atoms with E-state index in [1.54, 1.807) is 36.8 Å². The van der Waals surface area contributed by atoms with E-state index in [1.165, 1.54) is 0 Å². The Morgan fingerprint density at radius 3 is 2.73 bits per heavy atom. The van der Waals surface area contributed by atoms with Crippen molar-refractivity contribution < 1.29 is 4.79 Å². The van der Waals surface area contributed by atoms with E-state index >= 15 is 0 Å². The average Bonchev–Trinajstić information content (AvgIpc) is 2.97. The van der Waals surface area contributed by atoms with E-state index < -0.39 is 0 Å². The molecule has 110 valence electrons. The predicted molar refractivity (Wildman–Crippen MR) is 85.6 cm³/mol. The number of carbonyl (C=O) groups excluding carboxylic acids is 1. The van der Waals surface area contributed by atoms with Crippen molar-refractivity contribution in [2.75, 3.05) is 5.32 Å². The summed E-state index contributed by atoms with van der Waals surface area (Å²) >= 11 is 5.86. The van der Waals surface area contributed by atoms with Crippen molar-refractivity contribution in [3.05, 3.63) is 65.6 Å². The fourth-order valence-corrected chi connectivity index (χ4v) is 2.15. The van der Waals surface area contributed by atoms with E-state index in [2.05, 4.69) is 20.3 Å². The SMILES string of the molecule is O=C(Cc1cccnc1)Nc1ncc(-c2ccc(Cl)cc2)[nH]1. The summed E-state index contributed by atoms with van der Waals surface area (Å²) in [6.45, 7) is 0. The number of amides is 1. The zero-order valence-electron chi connectivity index (χ0n) is 11.6. The van der Waals surface area contributed by atoms with Crippen LogP contribution in [0.1, 0.15) is 5.56 Å². The standard InChI is InChI=1S/C16H13ClN4O/c17-13-5-3-12(4-6-13)14-10-19-16(20-14)21-15(22)8-11-2-1-7-18-9-11/h1-7,9-10H,8H2,(H2,19,20,21,22). The van der Waals surface area contributed by atoms with Crippen LogP contribution in [0.2, 0.25) is 5.02 Å². The Bertz CT molecular complexity index is 768. The summed E-state index contributed by atoms with van der Waals surface area (Å²) in [5, 5.41) is 3.41. The van der Waals surface area contributed by atoms with Crippen molar-refractivity contribution >= 4 is 23.5 Å². The van der Waals surface area contributed by atoms with E-state index in [-0.39, 0.29) is 12.3 Å². The lowest BCUT2D eigenvalue weighted by molar-refractivity contribution is -0.115. The van der Waals surface area contributed by atoms with Crippen LogP contribution in [0, 0.1) is 0 Å². The van der Waals surface area contributed by atoms with Crippen LogP contribution in [0.5, 0.6) is 0 Å². The predicted octanol–water partition coefficient (Wildman–Crippen LogP) is 3.31. The van der Waals surface area contributed by atoms with E-state index in [1.807, 2.05) is 18.2 Å². The Hall–Kier alpha value is -2.66. The minimum absolute atomic E-state index is 0.148. The first-order valence-electron chi connectivity index (χ1n) is 6.70. The van der Waals surface area contributed by atoms with Crippen LogP contribution >= 0.6 is 11.6 Å². The third-order valence-electron chi connectivity index (χ3n) is 3.08. The normalized spacial score (nSPS) is 10.4. The molecule has 22 heavy (non-hydrogen) atoms. The average molecular weight is 313 g/mol. The molecule has 0 aliphatic heterocycles. The fourth-order valence-electron chi connectivity index (χ4n) is 2.03. The molecule has 0 bridgehead atoms. The number of nitrogens with zero attached hydrogens (tertiary/aromatic N) is 2. The van der Waals surface area contributed by atoms with E-state index in [9.17, 15) is 4.79 Å². The number of aromatic amines is 1. The van der Waals surface area contributed by atoms with Gasteiger partial charge in [-0.1, -0.05) is 29.8 Å². The van der Waals surface area contributed by atoms with Crippen LogP contribution in [0.15, 0.2) is 55.0 Å². The van der Waals surface area contributed by atoms with Gasteiger partial charge in [0.2, 0.25) is 11.9 Å². The summed E-state index contributed by atoms with van der Waals surface area (Å²) < 4.78 is 0. The molecule has 3 aromatic rings. The third-order valence-corrected chi connectivity index (χ3v) is 3.33. The van der Waals surface area contributed by atoms with Crippen LogP contribution in [-0.4, -0.2) is 20.9 Å². The summed E-state index contributed by atoms with van der Waals surface area (Å²) in [6.07, 6.45) is 5.26. The van der Waals surface area contributed by atoms with Gasteiger partial charge in [0.05, 0.1) is 18.3 Å². The lowest BCUT2D eigenvalue weighted by atomic mass is 10.2. The van der Waals surface area contributed by atoms with Crippen molar-refractivity contribution in [2.24, 2.45) is 0 Å². The molecule has 0 radical (unpaired) electrons. The fraction of sp³-hybridized carbons (Fsp3) is 0.0625. The number of aromatic nitrogens is 3. The molecule has 2 N–H and O–H groups in total. The first-order chi connectivity index (χ1) is 10.7. The summed E-state index contributed by atoms with van der Waals surface area (Å²) in [6, 6.07) is 11.0. The van der Waals surface area contributed by atoms with Crippen molar-refractivity contribution in [3.8, 4) is 11.3 Å². The zero-order chi connectivity index (χ0) is 15.4. The molecule has 0 spiro atoms. The van der Waals surface area contributed by atoms with Crippen LogP contribution in [0.3, 0.4) is 0 Å². The van der Waals surface area contributed by atoms with Gasteiger partial charge >= 0.3 is 0 Å². The number of hydrogen-bond acceptors (Lipinski definition) is 3. The molecule has 0 saturated heterocycles. The highest BCUT2D eigenvalue weighted by Crippen LogP contribution is 2.20. The molecule has 2 aromatic heterocycles. The van der Waals surface area contributed by atoms with Crippen molar-refractivity contribution in [1.82, 2.24) is 15.0 Å². The van der Waals surface area contributed by atoms with Gasteiger partial charge in [0, 0.05) is 17.4 Å². The Kier molecular flexibility index (Phi) is 4.16.